The van der Waals surface area contributed by atoms with Crippen LogP contribution in [0.5, 0.6) is 5.75 Å². The number of halogens is 1. The average molecular weight is 302 g/mol. The van der Waals surface area contributed by atoms with E-state index in [0.717, 1.165) is 5.69 Å². The van der Waals surface area contributed by atoms with Gasteiger partial charge in [-0.05, 0) is 31.2 Å². The first kappa shape index (κ1) is 15.8. The standard InChI is InChI=1S/C17H19FN2O2/c1-3-22-16-11-13(18)9-10-15(16)19-17(21)12-20(2)14-7-5-4-6-8-14/h4-11H,3,12H2,1-2H3,(H,19,21). The molecule has 0 fully saturated rings. The van der Waals surface area contributed by atoms with Crippen molar-refractivity contribution in [1.82, 2.24) is 0 Å². The van der Waals surface area contributed by atoms with Gasteiger partial charge in [0.25, 0.3) is 0 Å². The molecule has 22 heavy (non-hydrogen) atoms. The Hall–Kier alpha value is -2.56. The fraction of sp³-hybridized carbons (Fsp3) is 0.235. The first-order valence-electron chi connectivity index (χ1n) is 7.08. The SMILES string of the molecule is CCOc1cc(F)ccc1NC(=O)CN(C)c1ccccc1. The van der Waals surface area contributed by atoms with Crippen molar-refractivity contribution in [2.75, 3.05) is 30.4 Å². The van der Waals surface area contributed by atoms with Gasteiger partial charge in [0.15, 0.2) is 0 Å². The Kier molecular flexibility index (Phi) is 5.36. The van der Waals surface area contributed by atoms with Crippen LogP contribution >= 0.6 is 0 Å². The van der Waals surface area contributed by atoms with Crippen LogP contribution in [0.3, 0.4) is 0 Å². The van der Waals surface area contributed by atoms with E-state index >= 15 is 0 Å². The second-order valence-corrected chi connectivity index (χ2v) is 4.81. The van der Waals surface area contributed by atoms with Crippen molar-refractivity contribution in [3.8, 4) is 5.75 Å². The van der Waals surface area contributed by atoms with E-state index < -0.39 is 5.82 Å². The summed E-state index contributed by atoms with van der Waals surface area (Å²) >= 11 is 0. The van der Waals surface area contributed by atoms with E-state index in [4.69, 9.17) is 4.74 Å². The number of rotatable bonds is 6. The van der Waals surface area contributed by atoms with Crippen LogP contribution in [0.2, 0.25) is 0 Å². The topological polar surface area (TPSA) is 41.6 Å². The Morgan fingerprint density at radius 3 is 2.64 bits per heavy atom. The summed E-state index contributed by atoms with van der Waals surface area (Å²) in [5.41, 5.74) is 1.41. The van der Waals surface area contributed by atoms with Crippen molar-refractivity contribution in [3.05, 3.63) is 54.3 Å². The lowest BCUT2D eigenvalue weighted by Gasteiger charge is -2.19. The number of ether oxygens (including phenoxy) is 1. The zero-order valence-corrected chi connectivity index (χ0v) is 12.7. The Labute approximate surface area is 129 Å². The molecule has 2 aromatic carbocycles. The molecule has 0 unspecified atom stereocenters. The molecule has 4 nitrogen and oxygen atoms in total. The lowest BCUT2D eigenvalue weighted by atomic mass is 10.2. The number of anilines is 2. The van der Waals surface area contributed by atoms with Gasteiger partial charge in [0.05, 0.1) is 18.8 Å². The molecule has 2 aromatic rings. The number of likely N-dealkylation sites (N-methyl/N-ethyl adjacent to an activating group) is 1. The molecule has 0 heterocycles. The summed E-state index contributed by atoms with van der Waals surface area (Å²) in [5.74, 6) is -0.264. The zero-order chi connectivity index (χ0) is 15.9. The number of amides is 1. The van der Waals surface area contributed by atoms with Crippen LogP contribution in [0.1, 0.15) is 6.92 Å². The van der Waals surface area contributed by atoms with Crippen LogP contribution in [0.4, 0.5) is 15.8 Å². The first-order valence-corrected chi connectivity index (χ1v) is 7.08. The number of nitrogens with one attached hydrogen (secondary N) is 1. The van der Waals surface area contributed by atoms with E-state index in [1.165, 1.54) is 18.2 Å². The molecule has 0 aliphatic carbocycles. The van der Waals surface area contributed by atoms with Gasteiger partial charge in [-0.2, -0.15) is 0 Å². The maximum Gasteiger partial charge on any atom is 0.243 e. The van der Waals surface area contributed by atoms with Crippen LogP contribution in [-0.2, 0) is 4.79 Å². The molecule has 116 valence electrons. The van der Waals surface area contributed by atoms with Gasteiger partial charge in [0.2, 0.25) is 5.91 Å². The molecule has 0 spiro atoms. The Bertz CT molecular complexity index is 632. The minimum atomic E-state index is -0.400. The molecule has 1 N–H and O–H groups in total. The lowest BCUT2D eigenvalue weighted by Crippen LogP contribution is -2.30. The fourth-order valence-electron chi connectivity index (χ4n) is 2.05. The predicted octanol–water partition coefficient (Wildman–Crippen LogP) is 3.30. The number of benzene rings is 2. The van der Waals surface area contributed by atoms with E-state index in [0.29, 0.717) is 18.0 Å². The lowest BCUT2D eigenvalue weighted by molar-refractivity contribution is -0.114. The number of hydrogen-bond acceptors (Lipinski definition) is 3. The van der Waals surface area contributed by atoms with E-state index in [1.807, 2.05) is 42.3 Å². The summed E-state index contributed by atoms with van der Waals surface area (Å²) in [6.07, 6.45) is 0. The van der Waals surface area contributed by atoms with Crippen LogP contribution in [-0.4, -0.2) is 26.1 Å². The maximum atomic E-state index is 13.2. The van der Waals surface area contributed by atoms with E-state index in [1.54, 1.807) is 6.92 Å². The third-order valence-corrected chi connectivity index (χ3v) is 3.10. The molecule has 0 saturated heterocycles. The van der Waals surface area contributed by atoms with Crippen LogP contribution in [0.25, 0.3) is 0 Å². The monoisotopic (exact) mass is 302 g/mol. The second-order valence-electron chi connectivity index (χ2n) is 4.81. The van der Waals surface area contributed by atoms with Crippen molar-refractivity contribution < 1.29 is 13.9 Å². The number of para-hydroxylation sites is 1. The molecule has 5 heteroatoms. The number of carbonyl (C=O) groups is 1. The van der Waals surface area contributed by atoms with E-state index in [-0.39, 0.29) is 12.5 Å². The number of nitrogens with zero attached hydrogens (tertiary/aromatic N) is 1. The molecule has 0 saturated carbocycles. The zero-order valence-electron chi connectivity index (χ0n) is 12.7. The summed E-state index contributed by atoms with van der Waals surface area (Å²) in [5, 5.41) is 2.75. The van der Waals surface area contributed by atoms with Gasteiger partial charge in [-0.25, -0.2) is 4.39 Å². The van der Waals surface area contributed by atoms with Gasteiger partial charge >= 0.3 is 0 Å². The fourth-order valence-corrected chi connectivity index (χ4v) is 2.05. The highest BCUT2D eigenvalue weighted by Crippen LogP contribution is 2.25. The predicted molar refractivity (Wildman–Crippen MR) is 85.9 cm³/mol. The summed E-state index contributed by atoms with van der Waals surface area (Å²) in [6.45, 7) is 2.39. The average Bonchev–Trinajstić information content (AvgIpc) is 2.51. The molecule has 0 radical (unpaired) electrons. The van der Waals surface area contributed by atoms with E-state index in [2.05, 4.69) is 5.32 Å². The third-order valence-electron chi connectivity index (χ3n) is 3.10. The molecule has 0 aromatic heterocycles. The van der Waals surface area contributed by atoms with Crippen molar-refractivity contribution in [2.45, 2.75) is 6.92 Å². The van der Waals surface area contributed by atoms with Crippen LogP contribution in [0.15, 0.2) is 48.5 Å². The highest BCUT2D eigenvalue weighted by molar-refractivity contribution is 5.95. The Morgan fingerprint density at radius 1 is 1.23 bits per heavy atom. The minimum Gasteiger partial charge on any atom is -0.492 e. The van der Waals surface area contributed by atoms with Crippen molar-refractivity contribution >= 4 is 17.3 Å². The summed E-state index contributed by atoms with van der Waals surface area (Å²) < 4.78 is 18.6. The molecule has 0 aliphatic rings. The van der Waals surface area contributed by atoms with Gasteiger partial charge in [0.1, 0.15) is 11.6 Å². The van der Waals surface area contributed by atoms with Gasteiger partial charge in [-0.1, -0.05) is 18.2 Å². The van der Waals surface area contributed by atoms with Gasteiger partial charge in [-0.3, -0.25) is 4.79 Å². The number of carbonyl (C=O) groups excluding carboxylic acids is 1. The second kappa shape index (κ2) is 7.45. The van der Waals surface area contributed by atoms with E-state index in [9.17, 15) is 9.18 Å². The van der Waals surface area contributed by atoms with Crippen molar-refractivity contribution in [2.24, 2.45) is 0 Å². The quantitative estimate of drug-likeness (QED) is 0.890. The highest BCUT2D eigenvalue weighted by atomic mass is 19.1. The summed E-state index contributed by atoms with van der Waals surface area (Å²) in [7, 11) is 1.84. The molecule has 0 bridgehead atoms. The molecular formula is C17H19FN2O2. The molecular weight excluding hydrogens is 283 g/mol. The Morgan fingerprint density at radius 2 is 1.95 bits per heavy atom. The summed E-state index contributed by atoms with van der Waals surface area (Å²) in [6, 6.07) is 13.7. The Balaban J connectivity index is 2.03. The first-order chi connectivity index (χ1) is 10.6. The van der Waals surface area contributed by atoms with Gasteiger partial charge in [0, 0.05) is 18.8 Å². The number of hydrogen-bond donors (Lipinski definition) is 1. The van der Waals surface area contributed by atoms with Gasteiger partial charge in [-0.15, -0.1) is 0 Å². The largest absolute Gasteiger partial charge is 0.492 e. The van der Waals surface area contributed by atoms with Gasteiger partial charge < -0.3 is 15.0 Å². The molecule has 0 atom stereocenters. The summed E-state index contributed by atoms with van der Waals surface area (Å²) in [4.78, 5) is 14.0. The highest BCUT2D eigenvalue weighted by Gasteiger charge is 2.11. The minimum absolute atomic E-state index is 0.187. The van der Waals surface area contributed by atoms with Crippen molar-refractivity contribution in [1.29, 1.82) is 0 Å². The normalized spacial score (nSPS) is 10.1. The van der Waals surface area contributed by atoms with Crippen molar-refractivity contribution in [3.63, 3.8) is 0 Å². The third kappa shape index (κ3) is 4.22. The van der Waals surface area contributed by atoms with Crippen LogP contribution < -0.4 is 15.0 Å². The van der Waals surface area contributed by atoms with Crippen LogP contribution in [0, 0.1) is 5.82 Å². The maximum absolute atomic E-state index is 13.2. The molecule has 2 rings (SSSR count). The molecule has 0 aliphatic heterocycles. The smallest absolute Gasteiger partial charge is 0.243 e. The molecule has 1 amide bonds.